The van der Waals surface area contributed by atoms with Crippen molar-refractivity contribution in [3.63, 3.8) is 0 Å². The number of unbranched alkanes of at least 4 members (excludes halogenated alkanes) is 1. The molecule has 0 fully saturated rings. The molecule has 2 rings (SSSR count). The van der Waals surface area contributed by atoms with Gasteiger partial charge in [0.05, 0.1) is 13.2 Å². The number of carboxylic acid groups (broad SMARTS) is 1. The van der Waals surface area contributed by atoms with E-state index in [9.17, 15) is 19.1 Å². The van der Waals surface area contributed by atoms with Gasteiger partial charge >= 0.3 is 12.1 Å². The number of hydrogen-bond acceptors (Lipinski definition) is 6. The van der Waals surface area contributed by atoms with Crippen molar-refractivity contribution in [1.82, 2.24) is 4.90 Å². The number of carboxylic acids is 1. The maximum Gasteiger partial charge on any atom is 0.410 e. The SMILES string of the molecule is CCOC(Cc1ccc(OCCN(CCCCOCc2ccc(F)cc2)C(=O)OC(C)CC)cc1)C(=O)O. The minimum Gasteiger partial charge on any atom is -0.492 e. The molecule has 0 heterocycles. The van der Waals surface area contributed by atoms with Crippen molar-refractivity contribution in [2.24, 2.45) is 0 Å². The van der Waals surface area contributed by atoms with E-state index in [4.69, 9.17) is 18.9 Å². The molecule has 0 radical (unpaired) electrons. The highest BCUT2D eigenvalue weighted by Gasteiger charge is 2.19. The fourth-order valence-electron chi connectivity index (χ4n) is 3.53. The lowest BCUT2D eigenvalue weighted by Gasteiger charge is -2.24. The molecular formula is C29H40FNO7. The molecule has 38 heavy (non-hydrogen) atoms. The van der Waals surface area contributed by atoms with E-state index in [-0.39, 0.29) is 31.0 Å². The van der Waals surface area contributed by atoms with Gasteiger partial charge in [-0.25, -0.2) is 14.0 Å². The lowest BCUT2D eigenvalue weighted by atomic mass is 10.1. The van der Waals surface area contributed by atoms with Crippen LogP contribution in [0.3, 0.4) is 0 Å². The monoisotopic (exact) mass is 533 g/mol. The Kier molecular flexibility index (Phi) is 14.2. The molecule has 8 nitrogen and oxygen atoms in total. The van der Waals surface area contributed by atoms with Crippen molar-refractivity contribution in [2.75, 3.05) is 32.9 Å². The summed E-state index contributed by atoms with van der Waals surface area (Å²) in [6.07, 6.45) is 1.06. The fourth-order valence-corrected chi connectivity index (χ4v) is 3.53. The molecule has 0 aliphatic carbocycles. The number of aliphatic carboxylic acids is 1. The Bertz CT molecular complexity index is 952. The summed E-state index contributed by atoms with van der Waals surface area (Å²) in [6, 6.07) is 13.4. The average molecular weight is 534 g/mol. The normalized spacial score (nSPS) is 12.5. The van der Waals surface area contributed by atoms with Crippen LogP contribution in [0.25, 0.3) is 0 Å². The average Bonchev–Trinajstić information content (AvgIpc) is 2.91. The van der Waals surface area contributed by atoms with Gasteiger partial charge in [0, 0.05) is 26.2 Å². The molecule has 2 aromatic carbocycles. The minimum atomic E-state index is -0.990. The molecule has 2 aromatic rings. The lowest BCUT2D eigenvalue weighted by molar-refractivity contribution is -0.149. The Hall–Kier alpha value is -3.17. The fraction of sp³-hybridized carbons (Fsp3) is 0.517. The third kappa shape index (κ3) is 11.9. The molecule has 2 unspecified atom stereocenters. The summed E-state index contributed by atoms with van der Waals surface area (Å²) in [7, 11) is 0. The molecule has 9 heteroatoms. The van der Waals surface area contributed by atoms with Crippen molar-refractivity contribution in [2.45, 2.75) is 65.3 Å². The molecule has 0 aliphatic heterocycles. The van der Waals surface area contributed by atoms with Crippen LogP contribution < -0.4 is 4.74 Å². The van der Waals surface area contributed by atoms with Crippen molar-refractivity contribution in [1.29, 1.82) is 0 Å². The molecule has 0 aliphatic rings. The second-order valence-electron chi connectivity index (χ2n) is 8.95. The van der Waals surface area contributed by atoms with Gasteiger partial charge in [0.15, 0.2) is 6.10 Å². The Balaban J connectivity index is 1.79. The zero-order valence-electron chi connectivity index (χ0n) is 22.6. The van der Waals surface area contributed by atoms with Gasteiger partial charge < -0.3 is 29.0 Å². The summed E-state index contributed by atoms with van der Waals surface area (Å²) < 4.78 is 35.3. The predicted molar refractivity (Wildman–Crippen MR) is 142 cm³/mol. The third-order valence-electron chi connectivity index (χ3n) is 5.90. The molecule has 1 amide bonds. The van der Waals surface area contributed by atoms with Gasteiger partial charge in [0.2, 0.25) is 0 Å². The van der Waals surface area contributed by atoms with Crippen LogP contribution in [0.1, 0.15) is 51.2 Å². The summed E-state index contributed by atoms with van der Waals surface area (Å²) in [6.45, 7) is 8.00. The Morgan fingerprint density at radius 2 is 1.63 bits per heavy atom. The van der Waals surface area contributed by atoms with Gasteiger partial charge in [-0.15, -0.1) is 0 Å². The zero-order valence-corrected chi connectivity index (χ0v) is 22.6. The van der Waals surface area contributed by atoms with Gasteiger partial charge in [-0.1, -0.05) is 31.2 Å². The van der Waals surface area contributed by atoms with Crippen molar-refractivity contribution >= 4 is 12.1 Å². The first-order chi connectivity index (χ1) is 18.3. The number of nitrogens with zero attached hydrogens (tertiary/aromatic N) is 1. The quantitative estimate of drug-likeness (QED) is 0.254. The van der Waals surface area contributed by atoms with E-state index in [2.05, 4.69) is 0 Å². The summed E-state index contributed by atoms with van der Waals surface area (Å²) in [5, 5.41) is 9.25. The van der Waals surface area contributed by atoms with Crippen molar-refractivity contribution in [3.8, 4) is 5.75 Å². The summed E-state index contributed by atoms with van der Waals surface area (Å²) in [5.74, 6) is -0.636. The first-order valence-corrected chi connectivity index (χ1v) is 13.2. The Labute approximate surface area is 224 Å². The number of carbonyl (C=O) groups is 2. The van der Waals surface area contributed by atoms with Crippen LogP contribution in [0, 0.1) is 5.82 Å². The zero-order chi connectivity index (χ0) is 27.8. The Morgan fingerprint density at radius 3 is 2.26 bits per heavy atom. The van der Waals surface area contributed by atoms with Crippen LogP contribution in [0.5, 0.6) is 5.75 Å². The molecule has 0 aromatic heterocycles. The van der Waals surface area contributed by atoms with Crippen LogP contribution in [0.2, 0.25) is 0 Å². The second kappa shape index (κ2) is 17.4. The van der Waals surface area contributed by atoms with Gasteiger partial charge in [-0.2, -0.15) is 0 Å². The first-order valence-electron chi connectivity index (χ1n) is 13.2. The number of halogens is 1. The number of amides is 1. The van der Waals surface area contributed by atoms with Gasteiger partial charge in [-0.05, 0) is 68.5 Å². The number of rotatable bonds is 18. The molecule has 210 valence electrons. The van der Waals surface area contributed by atoms with Crippen LogP contribution in [-0.4, -0.2) is 67.2 Å². The summed E-state index contributed by atoms with van der Waals surface area (Å²) >= 11 is 0. The lowest BCUT2D eigenvalue weighted by Crippen LogP contribution is -2.37. The van der Waals surface area contributed by atoms with E-state index in [1.54, 1.807) is 36.1 Å². The van der Waals surface area contributed by atoms with Gasteiger partial charge in [-0.3, -0.25) is 0 Å². The first kappa shape index (κ1) is 31.1. The maximum atomic E-state index is 13.0. The van der Waals surface area contributed by atoms with E-state index in [0.29, 0.717) is 38.7 Å². The summed E-state index contributed by atoms with van der Waals surface area (Å²) in [5.41, 5.74) is 1.74. The maximum absolute atomic E-state index is 13.0. The summed E-state index contributed by atoms with van der Waals surface area (Å²) in [4.78, 5) is 25.6. The van der Waals surface area contributed by atoms with E-state index in [1.807, 2.05) is 26.0 Å². The number of carbonyl (C=O) groups excluding carboxylic acids is 1. The number of hydrogen-bond donors (Lipinski definition) is 1. The van der Waals surface area contributed by atoms with Gasteiger partial charge in [0.25, 0.3) is 0 Å². The number of ether oxygens (including phenoxy) is 4. The van der Waals surface area contributed by atoms with Crippen LogP contribution in [-0.2, 0) is 32.0 Å². The molecule has 0 saturated carbocycles. The van der Waals surface area contributed by atoms with E-state index in [1.165, 1.54) is 12.1 Å². The minimum absolute atomic E-state index is 0.177. The smallest absolute Gasteiger partial charge is 0.410 e. The molecule has 1 N–H and O–H groups in total. The highest BCUT2D eigenvalue weighted by Crippen LogP contribution is 2.15. The van der Waals surface area contributed by atoms with E-state index >= 15 is 0 Å². The number of benzene rings is 2. The molecule has 0 spiro atoms. The third-order valence-corrected chi connectivity index (χ3v) is 5.90. The van der Waals surface area contributed by atoms with E-state index < -0.39 is 12.1 Å². The molecule has 2 atom stereocenters. The standard InChI is InChI=1S/C29H40FNO7/c1-4-22(3)38-29(34)31(16-6-7-18-35-21-24-8-12-25(30)13-9-24)17-19-37-26-14-10-23(11-15-26)20-27(28(32)33)36-5-2/h8-15,22,27H,4-7,16-21H2,1-3H3,(H,32,33). The van der Waals surface area contributed by atoms with Crippen LogP contribution in [0.4, 0.5) is 9.18 Å². The largest absolute Gasteiger partial charge is 0.492 e. The van der Waals surface area contributed by atoms with Crippen LogP contribution >= 0.6 is 0 Å². The van der Waals surface area contributed by atoms with Gasteiger partial charge in [0.1, 0.15) is 24.3 Å². The molecule has 0 saturated heterocycles. The van der Waals surface area contributed by atoms with Crippen molar-refractivity contribution < 1.29 is 38.0 Å². The van der Waals surface area contributed by atoms with Crippen LogP contribution in [0.15, 0.2) is 48.5 Å². The highest BCUT2D eigenvalue weighted by atomic mass is 19.1. The second-order valence-corrected chi connectivity index (χ2v) is 8.95. The molecule has 0 bridgehead atoms. The predicted octanol–water partition coefficient (Wildman–Crippen LogP) is 5.47. The highest BCUT2D eigenvalue weighted by molar-refractivity contribution is 5.72. The van der Waals surface area contributed by atoms with E-state index in [0.717, 1.165) is 30.4 Å². The Morgan fingerprint density at radius 1 is 0.947 bits per heavy atom. The molecular weight excluding hydrogens is 493 g/mol. The van der Waals surface area contributed by atoms with Crippen molar-refractivity contribution in [3.05, 3.63) is 65.5 Å². The topological polar surface area (TPSA) is 94.5 Å².